The van der Waals surface area contributed by atoms with Crippen molar-refractivity contribution in [2.45, 2.75) is 33.1 Å². The smallest absolute Gasteiger partial charge is 0.219 e. The van der Waals surface area contributed by atoms with Gasteiger partial charge in [-0.25, -0.2) is 9.97 Å². The maximum Gasteiger partial charge on any atom is 0.219 e. The van der Waals surface area contributed by atoms with E-state index in [1.54, 1.807) is 6.92 Å². The lowest BCUT2D eigenvalue weighted by molar-refractivity contribution is -0.130. The van der Waals surface area contributed by atoms with E-state index < -0.39 is 0 Å². The van der Waals surface area contributed by atoms with Crippen molar-refractivity contribution >= 4 is 11.7 Å². The molecule has 110 valence electrons. The van der Waals surface area contributed by atoms with Crippen LogP contribution in [0.5, 0.6) is 0 Å². The number of aryl methyl sites for hydroxylation is 1. The van der Waals surface area contributed by atoms with E-state index in [1.165, 1.54) is 0 Å². The van der Waals surface area contributed by atoms with Crippen LogP contribution in [-0.2, 0) is 11.2 Å². The number of anilines is 1. The van der Waals surface area contributed by atoms with Crippen LogP contribution in [0, 0.1) is 12.8 Å². The van der Waals surface area contributed by atoms with Crippen molar-refractivity contribution in [3.8, 4) is 0 Å². The Kier molecular flexibility index (Phi) is 4.57. The minimum atomic E-state index is 0.185. The molecular weight excluding hydrogens is 252 g/mol. The predicted octanol–water partition coefficient (Wildman–Crippen LogP) is 1.65. The number of aromatic nitrogens is 2. The number of likely N-dealkylation sites (tertiary alicyclic amines) is 1. The molecule has 1 aliphatic rings. The van der Waals surface area contributed by atoms with E-state index in [-0.39, 0.29) is 5.91 Å². The number of carbonyl (C=O) groups excluding carboxylic acids is 1. The summed E-state index contributed by atoms with van der Waals surface area (Å²) in [4.78, 5) is 24.4. The SMILES string of the molecule is CC(=O)N1CCC(Cc2nc(C)cc(N(C)C)n2)CC1. The zero-order chi connectivity index (χ0) is 14.7. The molecule has 0 unspecified atom stereocenters. The van der Waals surface area contributed by atoms with Crippen molar-refractivity contribution in [2.75, 3.05) is 32.1 Å². The molecule has 0 aliphatic carbocycles. The van der Waals surface area contributed by atoms with E-state index in [0.29, 0.717) is 5.92 Å². The summed E-state index contributed by atoms with van der Waals surface area (Å²) in [5.41, 5.74) is 1.01. The first-order valence-corrected chi connectivity index (χ1v) is 7.23. The molecule has 0 saturated carbocycles. The number of hydrogen-bond acceptors (Lipinski definition) is 4. The van der Waals surface area contributed by atoms with Gasteiger partial charge in [-0.1, -0.05) is 0 Å². The van der Waals surface area contributed by atoms with Crippen molar-refractivity contribution < 1.29 is 4.79 Å². The zero-order valence-corrected chi connectivity index (χ0v) is 12.9. The Morgan fingerprint density at radius 1 is 1.35 bits per heavy atom. The molecule has 2 heterocycles. The fourth-order valence-corrected chi connectivity index (χ4v) is 2.64. The number of rotatable bonds is 3. The van der Waals surface area contributed by atoms with Crippen LogP contribution in [0.3, 0.4) is 0 Å². The summed E-state index contributed by atoms with van der Waals surface area (Å²) in [5.74, 6) is 2.66. The van der Waals surface area contributed by atoms with Gasteiger partial charge in [-0.3, -0.25) is 4.79 Å². The normalized spacial score (nSPS) is 16.3. The predicted molar refractivity (Wildman–Crippen MR) is 79.8 cm³/mol. The third kappa shape index (κ3) is 3.68. The average molecular weight is 276 g/mol. The van der Waals surface area contributed by atoms with Crippen LogP contribution < -0.4 is 4.90 Å². The molecule has 0 atom stereocenters. The van der Waals surface area contributed by atoms with Gasteiger partial charge in [0.05, 0.1) is 0 Å². The summed E-state index contributed by atoms with van der Waals surface area (Å²) in [6.07, 6.45) is 3.01. The average Bonchev–Trinajstić information content (AvgIpc) is 2.38. The van der Waals surface area contributed by atoms with E-state index in [1.807, 2.05) is 36.9 Å². The molecule has 20 heavy (non-hydrogen) atoms. The van der Waals surface area contributed by atoms with Gasteiger partial charge >= 0.3 is 0 Å². The summed E-state index contributed by atoms with van der Waals surface area (Å²) in [6, 6.07) is 2.00. The quantitative estimate of drug-likeness (QED) is 0.842. The molecule has 1 amide bonds. The van der Waals surface area contributed by atoms with Crippen LogP contribution in [0.4, 0.5) is 5.82 Å². The van der Waals surface area contributed by atoms with Gasteiger partial charge in [0.25, 0.3) is 0 Å². The highest BCUT2D eigenvalue weighted by Crippen LogP contribution is 2.21. The minimum Gasteiger partial charge on any atom is -0.363 e. The van der Waals surface area contributed by atoms with E-state index in [4.69, 9.17) is 0 Å². The third-order valence-corrected chi connectivity index (χ3v) is 3.88. The summed E-state index contributed by atoms with van der Waals surface area (Å²) in [6.45, 7) is 5.39. The van der Waals surface area contributed by atoms with E-state index in [0.717, 1.165) is 49.7 Å². The van der Waals surface area contributed by atoms with E-state index in [9.17, 15) is 4.79 Å². The van der Waals surface area contributed by atoms with Gasteiger partial charge in [0.1, 0.15) is 11.6 Å². The highest BCUT2D eigenvalue weighted by atomic mass is 16.2. The molecule has 5 heteroatoms. The van der Waals surface area contributed by atoms with E-state index >= 15 is 0 Å². The number of hydrogen-bond donors (Lipinski definition) is 0. The van der Waals surface area contributed by atoms with Gasteiger partial charge in [-0.2, -0.15) is 0 Å². The lowest BCUT2D eigenvalue weighted by Gasteiger charge is -2.31. The first-order chi connectivity index (χ1) is 9.45. The molecule has 0 bridgehead atoms. The van der Waals surface area contributed by atoms with Crippen LogP contribution >= 0.6 is 0 Å². The van der Waals surface area contributed by atoms with E-state index in [2.05, 4.69) is 9.97 Å². The first-order valence-electron chi connectivity index (χ1n) is 7.23. The number of carbonyl (C=O) groups is 1. The van der Waals surface area contributed by atoms with Crippen molar-refractivity contribution in [1.82, 2.24) is 14.9 Å². The van der Waals surface area contributed by atoms with Crippen molar-refractivity contribution in [1.29, 1.82) is 0 Å². The third-order valence-electron chi connectivity index (χ3n) is 3.88. The topological polar surface area (TPSA) is 49.3 Å². The summed E-state index contributed by atoms with van der Waals surface area (Å²) < 4.78 is 0. The van der Waals surface area contributed by atoms with Crippen LogP contribution in [0.25, 0.3) is 0 Å². The molecule has 0 N–H and O–H groups in total. The molecule has 0 aromatic carbocycles. The molecule has 1 saturated heterocycles. The molecule has 1 aromatic rings. The standard InChI is InChI=1S/C15H24N4O/c1-11-9-15(18(3)4)17-14(16-11)10-13-5-7-19(8-6-13)12(2)20/h9,13H,5-8,10H2,1-4H3. The fraction of sp³-hybridized carbons (Fsp3) is 0.667. The largest absolute Gasteiger partial charge is 0.363 e. The second-order valence-electron chi connectivity index (χ2n) is 5.83. The Bertz CT molecular complexity index is 479. The molecule has 0 radical (unpaired) electrons. The van der Waals surface area contributed by atoms with Gasteiger partial charge in [0, 0.05) is 52.3 Å². The Morgan fingerprint density at radius 3 is 2.55 bits per heavy atom. The minimum absolute atomic E-state index is 0.185. The highest BCUT2D eigenvalue weighted by molar-refractivity contribution is 5.73. The van der Waals surface area contributed by atoms with Gasteiger partial charge in [0.15, 0.2) is 0 Å². The molecule has 1 aliphatic heterocycles. The van der Waals surface area contributed by atoms with Crippen molar-refractivity contribution in [2.24, 2.45) is 5.92 Å². The molecular formula is C15H24N4O. The second-order valence-corrected chi connectivity index (χ2v) is 5.83. The molecule has 5 nitrogen and oxygen atoms in total. The van der Waals surface area contributed by atoms with Crippen LogP contribution in [0.1, 0.15) is 31.3 Å². The lowest BCUT2D eigenvalue weighted by atomic mass is 9.93. The summed E-state index contributed by atoms with van der Waals surface area (Å²) in [5, 5.41) is 0. The van der Waals surface area contributed by atoms with Gasteiger partial charge in [-0.15, -0.1) is 0 Å². The van der Waals surface area contributed by atoms with Crippen LogP contribution in [-0.4, -0.2) is 48.0 Å². The van der Waals surface area contributed by atoms with Crippen molar-refractivity contribution in [3.63, 3.8) is 0 Å². The maximum atomic E-state index is 11.3. The highest BCUT2D eigenvalue weighted by Gasteiger charge is 2.21. The molecule has 1 aromatic heterocycles. The lowest BCUT2D eigenvalue weighted by Crippen LogP contribution is -2.37. The molecule has 0 spiro atoms. The summed E-state index contributed by atoms with van der Waals surface area (Å²) >= 11 is 0. The Morgan fingerprint density at radius 2 is 2.00 bits per heavy atom. The fourth-order valence-electron chi connectivity index (χ4n) is 2.64. The Balaban J connectivity index is 1.99. The second kappa shape index (κ2) is 6.20. The van der Waals surface area contributed by atoms with Gasteiger partial charge in [0.2, 0.25) is 5.91 Å². The first kappa shape index (κ1) is 14.8. The Labute approximate surface area is 121 Å². The molecule has 1 fully saturated rings. The van der Waals surface area contributed by atoms with Gasteiger partial charge < -0.3 is 9.80 Å². The number of piperidine rings is 1. The number of nitrogens with zero attached hydrogens (tertiary/aromatic N) is 4. The van der Waals surface area contributed by atoms with Crippen LogP contribution in [0.15, 0.2) is 6.07 Å². The number of amides is 1. The zero-order valence-electron chi connectivity index (χ0n) is 12.9. The Hall–Kier alpha value is -1.65. The monoisotopic (exact) mass is 276 g/mol. The van der Waals surface area contributed by atoms with Gasteiger partial charge in [-0.05, 0) is 25.7 Å². The molecule has 2 rings (SSSR count). The maximum absolute atomic E-state index is 11.3. The van der Waals surface area contributed by atoms with Crippen molar-refractivity contribution in [3.05, 3.63) is 17.6 Å². The summed E-state index contributed by atoms with van der Waals surface area (Å²) in [7, 11) is 3.99. The van der Waals surface area contributed by atoms with Crippen LogP contribution in [0.2, 0.25) is 0 Å².